The summed E-state index contributed by atoms with van der Waals surface area (Å²) in [6, 6.07) is 12.7. The summed E-state index contributed by atoms with van der Waals surface area (Å²) < 4.78 is 5.84. The van der Waals surface area contributed by atoms with Gasteiger partial charge in [0.05, 0.1) is 7.11 Å². The maximum absolute atomic E-state index is 12.2. The van der Waals surface area contributed by atoms with Gasteiger partial charge in [0, 0.05) is 21.5 Å². The van der Waals surface area contributed by atoms with Crippen molar-refractivity contribution in [1.82, 2.24) is 0 Å². The van der Waals surface area contributed by atoms with Crippen molar-refractivity contribution in [3.63, 3.8) is 0 Å². The predicted molar refractivity (Wildman–Crippen MR) is 80.2 cm³/mol. The Morgan fingerprint density at radius 1 is 1.21 bits per heavy atom. The summed E-state index contributed by atoms with van der Waals surface area (Å²) in [5.41, 5.74) is 1.54. The third kappa shape index (κ3) is 3.58. The van der Waals surface area contributed by atoms with Crippen LogP contribution >= 0.6 is 27.5 Å². The normalized spacial score (nSPS) is 10.3. The third-order valence-electron chi connectivity index (χ3n) is 2.75. The Morgan fingerprint density at radius 2 is 1.89 bits per heavy atom. The summed E-state index contributed by atoms with van der Waals surface area (Å²) in [6.45, 7) is 0. The van der Waals surface area contributed by atoms with Crippen LogP contribution in [0.4, 0.5) is 0 Å². The minimum Gasteiger partial charge on any atom is -0.497 e. The van der Waals surface area contributed by atoms with Gasteiger partial charge in [0.1, 0.15) is 5.75 Å². The molecular formula is C15H12BrClO2. The predicted octanol–water partition coefficient (Wildman–Crippen LogP) is 4.54. The van der Waals surface area contributed by atoms with Crippen molar-refractivity contribution in [3.05, 3.63) is 63.1 Å². The van der Waals surface area contributed by atoms with Crippen molar-refractivity contribution in [1.29, 1.82) is 0 Å². The number of ether oxygens (including phenoxy) is 1. The zero-order valence-corrected chi connectivity index (χ0v) is 12.7. The molecule has 2 rings (SSSR count). The average molecular weight is 340 g/mol. The molecule has 0 amide bonds. The van der Waals surface area contributed by atoms with E-state index in [0.717, 1.165) is 15.8 Å². The SMILES string of the molecule is COc1ccc(CC(=O)c2cc(Cl)ccc2Br)cc1. The molecule has 0 saturated heterocycles. The van der Waals surface area contributed by atoms with Crippen LogP contribution in [0.3, 0.4) is 0 Å². The van der Waals surface area contributed by atoms with Crippen LogP contribution in [0.1, 0.15) is 15.9 Å². The van der Waals surface area contributed by atoms with Crippen molar-refractivity contribution in [2.75, 3.05) is 7.11 Å². The minimum absolute atomic E-state index is 0.0274. The maximum atomic E-state index is 12.2. The monoisotopic (exact) mass is 338 g/mol. The summed E-state index contributed by atoms with van der Waals surface area (Å²) in [5.74, 6) is 0.805. The number of hydrogen-bond acceptors (Lipinski definition) is 2. The molecule has 0 heterocycles. The number of carbonyl (C=O) groups is 1. The van der Waals surface area contributed by atoms with E-state index in [9.17, 15) is 4.79 Å². The van der Waals surface area contributed by atoms with Crippen LogP contribution in [0.15, 0.2) is 46.9 Å². The molecule has 0 saturated carbocycles. The first-order chi connectivity index (χ1) is 9.10. The first kappa shape index (κ1) is 14.1. The summed E-state index contributed by atoms with van der Waals surface area (Å²) in [5, 5.41) is 0.557. The Labute approximate surface area is 125 Å². The number of benzene rings is 2. The fourth-order valence-electron chi connectivity index (χ4n) is 1.74. The first-order valence-electron chi connectivity index (χ1n) is 5.71. The van der Waals surface area contributed by atoms with Gasteiger partial charge < -0.3 is 4.74 Å². The van der Waals surface area contributed by atoms with E-state index >= 15 is 0 Å². The van der Waals surface area contributed by atoms with Gasteiger partial charge in [-0.05, 0) is 35.9 Å². The number of methoxy groups -OCH3 is 1. The van der Waals surface area contributed by atoms with Crippen molar-refractivity contribution in [2.45, 2.75) is 6.42 Å². The second kappa shape index (κ2) is 6.22. The molecule has 0 radical (unpaired) electrons. The highest BCUT2D eigenvalue weighted by Crippen LogP contribution is 2.23. The first-order valence-corrected chi connectivity index (χ1v) is 6.88. The number of halogens is 2. The van der Waals surface area contributed by atoms with E-state index in [1.807, 2.05) is 24.3 Å². The molecule has 0 aromatic heterocycles. The van der Waals surface area contributed by atoms with Crippen LogP contribution in [0.2, 0.25) is 5.02 Å². The smallest absolute Gasteiger partial charge is 0.168 e. The number of rotatable bonds is 4. The third-order valence-corrected chi connectivity index (χ3v) is 3.68. The fraction of sp³-hybridized carbons (Fsp3) is 0.133. The summed E-state index contributed by atoms with van der Waals surface area (Å²) >= 11 is 9.28. The van der Waals surface area contributed by atoms with Crippen LogP contribution in [0.5, 0.6) is 5.75 Å². The Morgan fingerprint density at radius 3 is 2.53 bits per heavy atom. The average Bonchev–Trinajstić information content (AvgIpc) is 2.42. The van der Waals surface area contributed by atoms with Crippen molar-refractivity contribution in [3.8, 4) is 5.75 Å². The van der Waals surface area contributed by atoms with E-state index in [1.165, 1.54) is 0 Å². The van der Waals surface area contributed by atoms with Crippen LogP contribution in [0, 0.1) is 0 Å². The molecule has 98 valence electrons. The number of ketones is 1. The Hall–Kier alpha value is -1.32. The van der Waals surface area contributed by atoms with E-state index in [-0.39, 0.29) is 5.78 Å². The lowest BCUT2D eigenvalue weighted by Crippen LogP contribution is -2.04. The van der Waals surface area contributed by atoms with Gasteiger partial charge in [-0.25, -0.2) is 0 Å². The van der Waals surface area contributed by atoms with E-state index in [4.69, 9.17) is 16.3 Å². The van der Waals surface area contributed by atoms with Crippen LogP contribution in [-0.4, -0.2) is 12.9 Å². The molecule has 2 nitrogen and oxygen atoms in total. The zero-order chi connectivity index (χ0) is 13.8. The zero-order valence-electron chi connectivity index (χ0n) is 10.3. The van der Waals surface area contributed by atoms with Crippen LogP contribution in [-0.2, 0) is 6.42 Å². The second-order valence-electron chi connectivity index (χ2n) is 4.07. The lowest BCUT2D eigenvalue weighted by atomic mass is 10.0. The molecule has 4 heteroatoms. The van der Waals surface area contributed by atoms with E-state index < -0.39 is 0 Å². The van der Waals surface area contributed by atoms with E-state index in [0.29, 0.717) is 17.0 Å². The number of carbonyl (C=O) groups excluding carboxylic acids is 1. The molecule has 19 heavy (non-hydrogen) atoms. The molecule has 0 fully saturated rings. The molecule has 0 aliphatic carbocycles. The summed E-state index contributed by atoms with van der Waals surface area (Å²) in [6.07, 6.45) is 0.336. The molecule has 0 spiro atoms. The Balaban J connectivity index is 2.18. The van der Waals surface area contributed by atoms with Gasteiger partial charge in [0.15, 0.2) is 5.78 Å². The molecule has 0 atom stereocenters. The minimum atomic E-state index is 0.0274. The number of Topliss-reactive ketones (excluding diaryl/α,β-unsaturated/α-hetero) is 1. The van der Waals surface area contributed by atoms with Gasteiger partial charge in [-0.3, -0.25) is 4.79 Å². The number of hydrogen-bond donors (Lipinski definition) is 0. The van der Waals surface area contributed by atoms with Gasteiger partial charge in [0.2, 0.25) is 0 Å². The van der Waals surface area contributed by atoms with Crippen molar-refractivity contribution in [2.24, 2.45) is 0 Å². The van der Waals surface area contributed by atoms with E-state index in [1.54, 1.807) is 25.3 Å². The second-order valence-corrected chi connectivity index (χ2v) is 5.36. The molecule has 2 aromatic rings. The lowest BCUT2D eigenvalue weighted by Gasteiger charge is -2.06. The lowest BCUT2D eigenvalue weighted by molar-refractivity contribution is 0.0992. The highest BCUT2D eigenvalue weighted by atomic mass is 79.9. The molecule has 0 N–H and O–H groups in total. The highest BCUT2D eigenvalue weighted by molar-refractivity contribution is 9.10. The standard InChI is InChI=1S/C15H12BrClO2/c1-19-12-5-2-10(3-6-12)8-15(18)13-9-11(17)4-7-14(13)16/h2-7,9H,8H2,1H3. The van der Waals surface area contributed by atoms with Crippen LogP contribution < -0.4 is 4.74 Å². The topological polar surface area (TPSA) is 26.3 Å². The van der Waals surface area contributed by atoms with E-state index in [2.05, 4.69) is 15.9 Å². The maximum Gasteiger partial charge on any atom is 0.168 e. The van der Waals surface area contributed by atoms with Gasteiger partial charge in [-0.1, -0.05) is 39.7 Å². The van der Waals surface area contributed by atoms with Crippen LogP contribution in [0.25, 0.3) is 0 Å². The van der Waals surface area contributed by atoms with Gasteiger partial charge >= 0.3 is 0 Å². The van der Waals surface area contributed by atoms with Gasteiger partial charge in [-0.15, -0.1) is 0 Å². The Kier molecular flexibility index (Phi) is 4.61. The summed E-state index contributed by atoms with van der Waals surface area (Å²) in [4.78, 5) is 12.2. The van der Waals surface area contributed by atoms with Crippen molar-refractivity contribution >= 4 is 33.3 Å². The van der Waals surface area contributed by atoms with Gasteiger partial charge in [-0.2, -0.15) is 0 Å². The quantitative estimate of drug-likeness (QED) is 0.765. The summed E-state index contributed by atoms with van der Waals surface area (Å²) in [7, 11) is 1.61. The van der Waals surface area contributed by atoms with Crippen molar-refractivity contribution < 1.29 is 9.53 Å². The molecule has 0 unspecified atom stereocenters. The molecule has 0 bridgehead atoms. The molecule has 0 aliphatic rings. The fourth-order valence-corrected chi connectivity index (χ4v) is 2.38. The highest BCUT2D eigenvalue weighted by Gasteiger charge is 2.11. The Bertz CT molecular complexity index is 594. The van der Waals surface area contributed by atoms with Gasteiger partial charge in [0.25, 0.3) is 0 Å². The molecule has 2 aromatic carbocycles. The molecular weight excluding hydrogens is 328 g/mol. The largest absolute Gasteiger partial charge is 0.497 e. The molecule has 0 aliphatic heterocycles.